The van der Waals surface area contributed by atoms with E-state index in [0.717, 1.165) is 5.69 Å². The Labute approximate surface area is 113 Å². The molecule has 1 aromatic heterocycles. The van der Waals surface area contributed by atoms with Crippen LogP contribution in [0.1, 0.15) is 16.1 Å². The van der Waals surface area contributed by atoms with Crippen LogP contribution in [0.5, 0.6) is 0 Å². The molecule has 94 valence electrons. The molecule has 0 aliphatic rings. The molecule has 0 unspecified atom stereocenters. The highest BCUT2D eigenvalue weighted by Gasteiger charge is 2.17. The highest BCUT2D eigenvalue weighted by atomic mass is 35.5. The van der Waals surface area contributed by atoms with Crippen LogP contribution in [0.2, 0.25) is 5.02 Å². The van der Waals surface area contributed by atoms with Crippen LogP contribution in [0.25, 0.3) is 0 Å². The molecule has 0 radical (unpaired) electrons. The summed E-state index contributed by atoms with van der Waals surface area (Å²) in [7, 11) is 1.80. The SMILES string of the molecule is CN(Cc1cscn1)c1c(Cl)cccc1C(=O)O. The summed E-state index contributed by atoms with van der Waals surface area (Å²) in [6.45, 7) is 0.521. The third kappa shape index (κ3) is 2.63. The number of carboxylic acid groups (broad SMARTS) is 1. The zero-order chi connectivity index (χ0) is 13.1. The van der Waals surface area contributed by atoms with Crippen molar-refractivity contribution < 1.29 is 9.90 Å². The first-order valence-corrected chi connectivity index (χ1v) is 6.51. The van der Waals surface area contributed by atoms with Gasteiger partial charge in [0.15, 0.2) is 0 Å². The lowest BCUT2D eigenvalue weighted by Gasteiger charge is -2.21. The predicted octanol–water partition coefficient (Wildman–Crippen LogP) is 3.13. The summed E-state index contributed by atoms with van der Waals surface area (Å²) in [6.07, 6.45) is 0. The van der Waals surface area contributed by atoms with Crippen LogP contribution in [0.4, 0.5) is 5.69 Å². The lowest BCUT2D eigenvalue weighted by Crippen LogP contribution is -2.20. The monoisotopic (exact) mass is 282 g/mol. The number of thiazole rings is 1. The van der Waals surface area contributed by atoms with Crippen LogP contribution >= 0.6 is 22.9 Å². The van der Waals surface area contributed by atoms with E-state index in [1.165, 1.54) is 11.3 Å². The maximum absolute atomic E-state index is 11.2. The number of anilines is 1. The van der Waals surface area contributed by atoms with Crippen LogP contribution in [0.15, 0.2) is 29.1 Å². The fourth-order valence-corrected chi connectivity index (χ4v) is 2.58. The van der Waals surface area contributed by atoms with Gasteiger partial charge < -0.3 is 10.0 Å². The third-order valence-electron chi connectivity index (χ3n) is 2.48. The molecule has 0 saturated heterocycles. The molecular weight excluding hydrogens is 272 g/mol. The number of halogens is 1. The number of hydrogen-bond acceptors (Lipinski definition) is 4. The number of carbonyl (C=O) groups is 1. The number of carboxylic acids is 1. The Morgan fingerprint density at radius 2 is 2.33 bits per heavy atom. The van der Waals surface area contributed by atoms with Crippen molar-refractivity contribution in [1.82, 2.24) is 4.98 Å². The van der Waals surface area contributed by atoms with Crippen molar-refractivity contribution >= 4 is 34.6 Å². The van der Waals surface area contributed by atoms with Gasteiger partial charge in [-0.3, -0.25) is 0 Å². The van der Waals surface area contributed by atoms with E-state index in [0.29, 0.717) is 17.3 Å². The summed E-state index contributed by atoms with van der Waals surface area (Å²) in [5.74, 6) is -0.988. The van der Waals surface area contributed by atoms with Crippen LogP contribution in [-0.4, -0.2) is 23.1 Å². The van der Waals surface area contributed by atoms with Gasteiger partial charge in [-0.2, -0.15) is 0 Å². The molecule has 18 heavy (non-hydrogen) atoms. The molecule has 6 heteroatoms. The first-order valence-electron chi connectivity index (χ1n) is 5.19. The average molecular weight is 283 g/mol. The number of para-hydroxylation sites is 1. The van der Waals surface area contributed by atoms with Gasteiger partial charge in [-0.05, 0) is 12.1 Å². The van der Waals surface area contributed by atoms with Crippen LogP contribution in [0, 0.1) is 0 Å². The summed E-state index contributed by atoms with van der Waals surface area (Å²) in [4.78, 5) is 17.1. The minimum absolute atomic E-state index is 0.195. The van der Waals surface area contributed by atoms with E-state index >= 15 is 0 Å². The molecule has 1 aromatic carbocycles. The maximum atomic E-state index is 11.2. The number of nitrogens with zero attached hydrogens (tertiary/aromatic N) is 2. The minimum atomic E-state index is -0.988. The van der Waals surface area contributed by atoms with Crippen molar-refractivity contribution in [2.75, 3.05) is 11.9 Å². The predicted molar refractivity (Wildman–Crippen MR) is 72.6 cm³/mol. The molecule has 0 fully saturated rings. The molecule has 4 nitrogen and oxygen atoms in total. The first kappa shape index (κ1) is 12.9. The minimum Gasteiger partial charge on any atom is -0.478 e. The van der Waals surface area contributed by atoms with Gasteiger partial charge in [0.05, 0.1) is 34.0 Å². The second-order valence-electron chi connectivity index (χ2n) is 3.78. The quantitative estimate of drug-likeness (QED) is 0.936. The van der Waals surface area contributed by atoms with Crippen molar-refractivity contribution in [2.24, 2.45) is 0 Å². The normalized spacial score (nSPS) is 10.3. The Morgan fingerprint density at radius 1 is 1.56 bits per heavy atom. The van der Waals surface area contributed by atoms with Gasteiger partial charge in [-0.1, -0.05) is 17.7 Å². The number of aromatic carboxylic acids is 1. The molecule has 2 aromatic rings. The molecule has 0 aliphatic heterocycles. The zero-order valence-corrected chi connectivity index (χ0v) is 11.2. The number of benzene rings is 1. The van der Waals surface area contributed by atoms with E-state index in [1.807, 2.05) is 5.38 Å². The van der Waals surface area contributed by atoms with Crippen molar-refractivity contribution in [3.8, 4) is 0 Å². The Balaban J connectivity index is 2.34. The van der Waals surface area contributed by atoms with Gasteiger partial charge in [0.2, 0.25) is 0 Å². The Hall–Kier alpha value is -1.59. The molecule has 0 aliphatic carbocycles. The van der Waals surface area contributed by atoms with Gasteiger partial charge in [-0.15, -0.1) is 11.3 Å². The highest BCUT2D eigenvalue weighted by Crippen LogP contribution is 2.30. The fourth-order valence-electron chi connectivity index (χ4n) is 1.71. The van der Waals surface area contributed by atoms with Gasteiger partial charge in [0.25, 0.3) is 0 Å². The summed E-state index contributed by atoms with van der Waals surface area (Å²) in [5.41, 5.74) is 3.34. The Kier molecular flexibility index (Phi) is 3.84. The second kappa shape index (κ2) is 5.37. The van der Waals surface area contributed by atoms with Gasteiger partial charge in [0.1, 0.15) is 0 Å². The summed E-state index contributed by atoms with van der Waals surface area (Å²) >= 11 is 7.59. The molecule has 1 heterocycles. The number of aromatic nitrogens is 1. The molecule has 0 amide bonds. The zero-order valence-electron chi connectivity index (χ0n) is 9.63. The average Bonchev–Trinajstić information content (AvgIpc) is 2.81. The Bertz CT molecular complexity index is 557. The van der Waals surface area contributed by atoms with Crippen LogP contribution in [-0.2, 0) is 6.54 Å². The largest absolute Gasteiger partial charge is 0.478 e. The summed E-state index contributed by atoms with van der Waals surface area (Å²) in [5, 5.41) is 11.5. The second-order valence-corrected chi connectivity index (χ2v) is 4.90. The Morgan fingerprint density at radius 3 is 2.94 bits per heavy atom. The van der Waals surface area contributed by atoms with E-state index in [9.17, 15) is 4.79 Å². The number of hydrogen-bond donors (Lipinski definition) is 1. The van der Waals surface area contributed by atoms with Crippen LogP contribution in [0.3, 0.4) is 0 Å². The van der Waals surface area contributed by atoms with E-state index < -0.39 is 5.97 Å². The van der Waals surface area contributed by atoms with Crippen molar-refractivity contribution in [3.63, 3.8) is 0 Å². The molecular formula is C12H11ClN2O2S. The molecule has 2 rings (SSSR count). The topological polar surface area (TPSA) is 53.4 Å². The van der Waals surface area contributed by atoms with Crippen molar-refractivity contribution in [2.45, 2.75) is 6.54 Å². The van der Waals surface area contributed by atoms with Crippen molar-refractivity contribution in [3.05, 3.63) is 45.4 Å². The standard InChI is InChI=1S/C12H11ClN2O2S/c1-15(5-8-6-18-7-14-8)11-9(12(16)17)3-2-4-10(11)13/h2-4,6-7H,5H2,1H3,(H,16,17). The molecule has 0 atom stereocenters. The van der Waals surface area contributed by atoms with Gasteiger partial charge in [-0.25, -0.2) is 9.78 Å². The van der Waals surface area contributed by atoms with Gasteiger partial charge >= 0.3 is 5.97 Å². The van der Waals surface area contributed by atoms with E-state index in [2.05, 4.69) is 4.98 Å². The lowest BCUT2D eigenvalue weighted by molar-refractivity contribution is 0.0697. The highest BCUT2D eigenvalue weighted by molar-refractivity contribution is 7.07. The maximum Gasteiger partial charge on any atom is 0.337 e. The molecule has 1 N–H and O–H groups in total. The van der Waals surface area contributed by atoms with Crippen LogP contribution < -0.4 is 4.90 Å². The van der Waals surface area contributed by atoms with Crippen molar-refractivity contribution in [1.29, 1.82) is 0 Å². The van der Waals surface area contributed by atoms with Gasteiger partial charge in [0, 0.05) is 12.4 Å². The number of rotatable bonds is 4. The molecule has 0 saturated carbocycles. The summed E-state index contributed by atoms with van der Waals surface area (Å²) in [6, 6.07) is 4.86. The third-order valence-corrected chi connectivity index (χ3v) is 3.42. The summed E-state index contributed by atoms with van der Waals surface area (Å²) < 4.78 is 0. The molecule has 0 bridgehead atoms. The molecule has 0 spiro atoms. The smallest absolute Gasteiger partial charge is 0.337 e. The van der Waals surface area contributed by atoms with E-state index in [-0.39, 0.29) is 5.56 Å². The first-order chi connectivity index (χ1) is 8.59. The lowest BCUT2D eigenvalue weighted by atomic mass is 10.1. The fraction of sp³-hybridized carbons (Fsp3) is 0.167. The van der Waals surface area contributed by atoms with E-state index in [4.69, 9.17) is 16.7 Å². The van der Waals surface area contributed by atoms with E-state index in [1.54, 1.807) is 35.7 Å².